The lowest BCUT2D eigenvalue weighted by Gasteiger charge is -2.23. The molecule has 2 heterocycles. The van der Waals surface area contributed by atoms with E-state index in [1.54, 1.807) is 7.05 Å². The van der Waals surface area contributed by atoms with Gasteiger partial charge in [-0.3, -0.25) is 4.79 Å². The maximum Gasteiger partial charge on any atom is 0.227 e. The minimum absolute atomic E-state index is 0.0290. The zero-order valence-corrected chi connectivity index (χ0v) is 11.7. The van der Waals surface area contributed by atoms with E-state index in [1.165, 1.54) is 6.20 Å². The molecule has 5 nitrogen and oxygen atoms in total. The molecule has 0 aromatic carbocycles. The van der Waals surface area contributed by atoms with Crippen molar-refractivity contribution in [3.63, 3.8) is 0 Å². The third-order valence-electron chi connectivity index (χ3n) is 3.24. The Bertz CT molecular complexity index is 482. The van der Waals surface area contributed by atoms with Crippen LogP contribution in [0.5, 0.6) is 0 Å². The van der Waals surface area contributed by atoms with Crippen molar-refractivity contribution in [1.29, 1.82) is 0 Å². The predicted molar refractivity (Wildman–Crippen MR) is 71.1 cm³/mol. The van der Waals surface area contributed by atoms with E-state index in [-0.39, 0.29) is 11.2 Å². The molecule has 0 aliphatic carbocycles. The molecule has 1 unspecified atom stereocenters. The van der Waals surface area contributed by atoms with Crippen molar-refractivity contribution in [2.45, 2.75) is 13.3 Å². The fourth-order valence-corrected chi connectivity index (χ4v) is 2.53. The highest BCUT2D eigenvalue weighted by Gasteiger charge is 2.40. The minimum atomic E-state index is -0.421. The van der Waals surface area contributed by atoms with E-state index < -0.39 is 5.41 Å². The normalized spacial score (nSPS) is 23.2. The molecule has 1 aromatic heterocycles. The summed E-state index contributed by atoms with van der Waals surface area (Å²) in [5.41, 5.74) is -0.421. The molecular weight excluding hydrogens is 275 g/mol. The second kappa shape index (κ2) is 4.90. The summed E-state index contributed by atoms with van der Waals surface area (Å²) < 4.78 is 0. The maximum atomic E-state index is 11.8. The molecule has 2 rings (SSSR count). The van der Waals surface area contributed by atoms with E-state index in [4.69, 9.17) is 23.2 Å². The molecule has 18 heavy (non-hydrogen) atoms. The Morgan fingerprint density at radius 2 is 2.28 bits per heavy atom. The number of nitrogens with one attached hydrogen (secondary N) is 1. The standard InChI is InChI=1S/C11H14Cl2N4O/c1-11(9(18)14-2)3-4-17(6-11)8-7(12)5-15-10(13)16-8/h5H,3-4,6H2,1-2H3,(H,14,18). The molecule has 7 heteroatoms. The van der Waals surface area contributed by atoms with Gasteiger partial charge in [0.1, 0.15) is 5.02 Å². The van der Waals surface area contributed by atoms with Crippen LogP contribution in [0, 0.1) is 5.41 Å². The summed E-state index contributed by atoms with van der Waals surface area (Å²) in [7, 11) is 1.64. The number of anilines is 1. The smallest absolute Gasteiger partial charge is 0.227 e. The Morgan fingerprint density at radius 3 is 2.94 bits per heavy atom. The van der Waals surface area contributed by atoms with Crippen LogP contribution < -0.4 is 10.2 Å². The first-order chi connectivity index (χ1) is 8.46. The van der Waals surface area contributed by atoms with Gasteiger partial charge in [-0.2, -0.15) is 4.98 Å². The summed E-state index contributed by atoms with van der Waals surface area (Å²) in [5, 5.41) is 3.29. The topological polar surface area (TPSA) is 58.1 Å². The van der Waals surface area contributed by atoms with Crippen molar-refractivity contribution in [3.8, 4) is 0 Å². The van der Waals surface area contributed by atoms with Crippen LogP contribution in [0.2, 0.25) is 10.3 Å². The van der Waals surface area contributed by atoms with E-state index in [0.29, 0.717) is 17.4 Å². The Hall–Kier alpha value is -1.07. The van der Waals surface area contributed by atoms with Gasteiger partial charge >= 0.3 is 0 Å². The SMILES string of the molecule is CNC(=O)C1(C)CCN(c2nc(Cl)ncc2Cl)C1. The quantitative estimate of drug-likeness (QED) is 0.843. The van der Waals surface area contributed by atoms with Crippen LogP contribution in [0.15, 0.2) is 6.20 Å². The molecule has 1 atom stereocenters. The van der Waals surface area contributed by atoms with Crippen LogP contribution in [0.1, 0.15) is 13.3 Å². The van der Waals surface area contributed by atoms with Gasteiger partial charge in [0.05, 0.1) is 11.6 Å². The molecule has 1 N–H and O–H groups in total. The highest BCUT2D eigenvalue weighted by Crippen LogP contribution is 2.35. The van der Waals surface area contributed by atoms with Crippen LogP contribution in [-0.4, -0.2) is 36.0 Å². The summed E-state index contributed by atoms with van der Waals surface area (Å²) >= 11 is 11.8. The molecule has 1 aliphatic heterocycles. The Morgan fingerprint density at radius 1 is 1.56 bits per heavy atom. The van der Waals surface area contributed by atoms with Gasteiger partial charge in [-0.05, 0) is 24.9 Å². The lowest BCUT2D eigenvalue weighted by molar-refractivity contribution is -0.128. The summed E-state index contributed by atoms with van der Waals surface area (Å²) in [5.74, 6) is 0.616. The first kappa shape index (κ1) is 13.4. The van der Waals surface area contributed by atoms with E-state index in [2.05, 4.69) is 15.3 Å². The second-order valence-corrected chi connectivity index (χ2v) is 5.37. The summed E-state index contributed by atoms with van der Waals surface area (Å²) in [6.07, 6.45) is 2.23. The van der Waals surface area contributed by atoms with Crippen LogP contribution in [-0.2, 0) is 4.79 Å². The Balaban J connectivity index is 2.23. The monoisotopic (exact) mass is 288 g/mol. The third-order valence-corrected chi connectivity index (χ3v) is 3.69. The molecule has 0 spiro atoms. The number of carbonyl (C=O) groups excluding carboxylic acids is 1. The van der Waals surface area contributed by atoms with Gasteiger partial charge in [0.15, 0.2) is 5.82 Å². The lowest BCUT2D eigenvalue weighted by atomic mass is 9.89. The maximum absolute atomic E-state index is 11.8. The average molecular weight is 289 g/mol. The molecule has 1 aromatic rings. The number of carbonyl (C=O) groups is 1. The molecule has 1 aliphatic rings. The molecule has 0 radical (unpaired) electrons. The van der Waals surface area contributed by atoms with Gasteiger partial charge in [-0.15, -0.1) is 0 Å². The zero-order chi connectivity index (χ0) is 13.3. The van der Waals surface area contributed by atoms with E-state index in [9.17, 15) is 4.79 Å². The van der Waals surface area contributed by atoms with Gasteiger partial charge in [0.25, 0.3) is 0 Å². The molecule has 1 saturated heterocycles. The number of hydrogen-bond acceptors (Lipinski definition) is 4. The van der Waals surface area contributed by atoms with Crippen LogP contribution in [0.25, 0.3) is 0 Å². The van der Waals surface area contributed by atoms with Crippen molar-refractivity contribution >= 4 is 34.9 Å². The Labute approximate surface area is 115 Å². The summed E-state index contributed by atoms with van der Waals surface area (Å²) in [6, 6.07) is 0. The molecule has 0 bridgehead atoms. The molecule has 98 valence electrons. The average Bonchev–Trinajstić information content (AvgIpc) is 2.75. The van der Waals surface area contributed by atoms with Crippen LogP contribution in [0.3, 0.4) is 0 Å². The largest absolute Gasteiger partial charge is 0.359 e. The van der Waals surface area contributed by atoms with Gasteiger partial charge in [0.2, 0.25) is 11.2 Å². The molecule has 1 fully saturated rings. The second-order valence-electron chi connectivity index (χ2n) is 4.62. The van der Waals surface area contributed by atoms with E-state index in [0.717, 1.165) is 13.0 Å². The van der Waals surface area contributed by atoms with Crippen LogP contribution in [0.4, 0.5) is 5.82 Å². The van der Waals surface area contributed by atoms with E-state index >= 15 is 0 Å². The number of hydrogen-bond donors (Lipinski definition) is 1. The van der Waals surface area contributed by atoms with Gasteiger partial charge < -0.3 is 10.2 Å². The molecule has 1 amide bonds. The first-order valence-corrected chi connectivity index (χ1v) is 6.37. The highest BCUT2D eigenvalue weighted by molar-refractivity contribution is 6.33. The van der Waals surface area contributed by atoms with Crippen molar-refractivity contribution in [3.05, 3.63) is 16.5 Å². The fraction of sp³-hybridized carbons (Fsp3) is 0.545. The van der Waals surface area contributed by atoms with Crippen molar-refractivity contribution in [1.82, 2.24) is 15.3 Å². The first-order valence-electron chi connectivity index (χ1n) is 5.61. The molecule has 0 saturated carbocycles. The summed E-state index contributed by atoms with van der Waals surface area (Å²) in [4.78, 5) is 21.7. The third kappa shape index (κ3) is 2.37. The number of aromatic nitrogens is 2. The number of nitrogens with zero attached hydrogens (tertiary/aromatic N) is 3. The zero-order valence-electron chi connectivity index (χ0n) is 10.2. The number of halogens is 2. The number of amides is 1. The summed E-state index contributed by atoms with van der Waals surface area (Å²) in [6.45, 7) is 3.22. The van der Waals surface area contributed by atoms with E-state index in [1.807, 2.05) is 11.8 Å². The minimum Gasteiger partial charge on any atom is -0.359 e. The van der Waals surface area contributed by atoms with Gasteiger partial charge in [-0.1, -0.05) is 11.6 Å². The van der Waals surface area contributed by atoms with Crippen molar-refractivity contribution in [2.24, 2.45) is 5.41 Å². The van der Waals surface area contributed by atoms with Crippen molar-refractivity contribution < 1.29 is 4.79 Å². The number of rotatable bonds is 2. The predicted octanol–water partition coefficient (Wildman–Crippen LogP) is 1.75. The van der Waals surface area contributed by atoms with Gasteiger partial charge in [0, 0.05) is 20.1 Å². The lowest BCUT2D eigenvalue weighted by Crippen LogP contribution is -2.39. The fourth-order valence-electron chi connectivity index (χ4n) is 2.19. The highest BCUT2D eigenvalue weighted by atomic mass is 35.5. The Kier molecular flexibility index (Phi) is 3.64. The molecular formula is C11H14Cl2N4O. The van der Waals surface area contributed by atoms with Crippen LogP contribution >= 0.6 is 23.2 Å². The van der Waals surface area contributed by atoms with Crippen molar-refractivity contribution in [2.75, 3.05) is 25.0 Å². The van der Waals surface area contributed by atoms with Gasteiger partial charge in [-0.25, -0.2) is 4.98 Å².